The Kier molecular flexibility index (Phi) is 45.4. The van der Waals surface area contributed by atoms with Gasteiger partial charge in [-0.1, -0.05) is 239 Å². The second-order valence-corrected chi connectivity index (χ2v) is 22.2. The van der Waals surface area contributed by atoms with Gasteiger partial charge in [0.1, 0.15) is 0 Å². The Bertz CT molecular complexity index is 1040. The van der Waals surface area contributed by atoms with Crippen molar-refractivity contribution in [3.8, 4) is 0 Å². The van der Waals surface area contributed by atoms with E-state index in [-0.39, 0.29) is 11.8 Å². The van der Waals surface area contributed by atoms with E-state index in [0.717, 1.165) is 76.0 Å². The average molecular weight is 945 g/mol. The minimum Gasteiger partial charge on any atom is -0.356 e. The monoisotopic (exact) mass is 944 g/mol. The van der Waals surface area contributed by atoms with Crippen LogP contribution in [0.5, 0.6) is 0 Å². The maximum atomic E-state index is 13.1. The van der Waals surface area contributed by atoms with E-state index in [0.29, 0.717) is 24.7 Å². The number of carbonyl (C=O) groups is 3. The van der Waals surface area contributed by atoms with E-state index in [2.05, 4.69) is 43.4 Å². The number of hydrogen-bond acceptors (Lipinski definition) is 3. The molecule has 0 radical (unpaired) electrons. The zero-order chi connectivity index (χ0) is 48.6. The van der Waals surface area contributed by atoms with E-state index in [1.165, 1.54) is 250 Å². The van der Waals surface area contributed by atoms with Crippen LogP contribution in [0.3, 0.4) is 0 Å². The summed E-state index contributed by atoms with van der Waals surface area (Å²) in [6.45, 7) is 12.6. The first-order valence-electron chi connectivity index (χ1n) is 30.5. The molecule has 1 fully saturated rings. The number of nitrogens with one attached hydrogen (secondary N) is 2. The summed E-state index contributed by atoms with van der Waals surface area (Å²) < 4.78 is 0.989. The summed E-state index contributed by atoms with van der Waals surface area (Å²) >= 11 is 0. The lowest BCUT2D eigenvalue weighted by atomic mass is 10.0. The maximum Gasteiger partial charge on any atom is 0.227 e. The molecule has 0 aromatic carbocycles. The minimum atomic E-state index is 0.245. The normalized spacial score (nSPS) is 14.1. The van der Waals surface area contributed by atoms with E-state index in [4.69, 9.17) is 0 Å². The number of unbranched alkanes of at least 4 members (excludes halogenated alkanes) is 37. The predicted octanol–water partition coefficient (Wildman–Crippen LogP) is 17.1. The summed E-state index contributed by atoms with van der Waals surface area (Å²) in [7, 11) is 2.41. The quantitative estimate of drug-likeness (QED) is 0.0471. The Balaban J connectivity index is 2.13. The molecule has 1 unspecified atom stereocenters. The van der Waals surface area contributed by atoms with Crippen LogP contribution in [0.1, 0.15) is 316 Å². The van der Waals surface area contributed by atoms with Crippen molar-refractivity contribution in [2.75, 3.05) is 46.4 Å². The molecule has 1 saturated heterocycles. The van der Waals surface area contributed by atoms with Crippen LogP contribution in [0.2, 0.25) is 0 Å². The van der Waals surface area contributed by atoms with Crippen molar-refractivity contribution in [3.05, 3.63) is 0 Å². The number of carbonyl (C=O) groups excluding carboxylic acids is 3. The van der Waals surface area contributed by atoms with Gasteiger partial charge >= 0.3 is 0 Å². The topological polar surface area (TPSA) is 78.5 Å². The molecular weight excluding hydrogens is 825 g/mol. The first-order chi connectivity index (χ1) is 32.8. The summed E-state index contributed by atoms with van der Waals surface area (Å²) in [4.78, 5) is 40.0. The molecule has 0 aromatic heterocycles. The fourth-order valence-electron chi connectivity index (χ4n) is 10.6. The molecule has 1 aliphatic rings. The van der Waals surface area contributed by atoms with Crippen molar-refractivity contribution in [1.82, 2.24) is 15.5 Å². The van der Waals surface area contributed by atoms with E-state index >= 15 is 0 Å². The lowest BCUT2D eigenvalue weighted by Gasteiger charge is -2.38. The average Bonchev–Trinajstić information content (AvgIpc) is 3.67. The number of quaternary nitrogens is 1. The maximum absolute atomic E-state index is 13.1. The van der Waals surface area contributed by atoms with Gasteiger partial charge in [0.2, 0.25) is 17.7 Å². The number of amides is 3. The Morgan fingerprint density at radius 1 is 0.433 bits per heavy atom. The molecule has 0 saturated carbocycles. The highest BCUT2D eigenvalue weighted by Gasteiger charge is 2.34. The van der Waals surface area contributed by atoms with Crippen molar-refractivity contribution in [2.24, 2.45) is 5.92 Å². The van der Waals surface area contributed by atoms with Crippen LogP contribution < -0.4 is 10.6 Å². The molecule has 1 aliphatic heterocycles. The molecule has 1 heterocycles. The van der Waals surface area contributed by atoms with Crippen LogP contribution in [0.15, 0.2) is 0 Å². The Hall–Kier alpha value is -1.63. The molecule has 1 rings (SSSR count). The van der Waals surface area contributed by atoms with E-state index in [1.807, 2.05) is 0 Å². The molecular formula is C60H119N4O3+. The SMILES string of the molecule is CCCCCCCCCCCCCCCCC(=O)NCCCCCCCC[N+](C)(CCCCCCCCNC(=O)CCCCCCCCCCCCCCCC)CN1CC(CCCC)CC1=O. The van der Waals surface area contributed by atoms with Crippen LogP contribution in [-0.2, 0) is 14.4 Å². The summed E-state index contributed by atoms with van der Waals surface area (Å²) in [6, 6.07) is 0. The van der Waals surface area contributed by atoms with Crippen LogP contribution in [-0.4, -0.2) is 73.5 Å². The van der Waals surface area contributed by atoms with Gasteiger partial charge in [0, 0.05) is 38.9 Å². The molecule has 3 amide bonds. The van der Waals surface area contributed by atoms with Gasteiger partial charge in [0.05, 0.1) is 20.1 Å². The molecule has 67 heavy (non-hydrogen) atoms. The highest BCUT2D eigenvalue weighted by Crippen LogP contribution is 2.25. The summed E-state index contributed by atoms with van der Waals surface area (Å²) in [6.07, 6.45) is 58.0. The molecule has 0 aliphatic carbocycles. The molecule has 0 spiro atoms. The molecule has 0 bridgehead atoms. The van der Waals surface area contributed by atoms with Gasteiger partial charge < -0.3 is 15.1 Å². The van der Waals surface area contributed by atoms with Crippen molar-refractivity contribution >= 4 is 17.7 Å². The molecule has 7 nitrogen and oxygen atoms in total. The van der Waals surface area contributed by atoms with Gasteiger partial charge in [-0.15, -0.1) is 0 Å². The zero-order valence-corrected chi connectivity index (χ0v) is 46.0. The fourth-order valence-corrected chi connectivity index (χ4v) is 10.6. The third-order valence-corrected chi connectivity index (χ3v) is 15.2. The summed E-state index contributed by atoms with van der Waals surface area (Å²) in [5, 5.41) is 6.36. The largest absolute Gasteiger partial charge is 0.356 e. The Morgan fingerprint density at radius 2 is 0.731 bits per heavy atom. The standard InChI is InChI=1S/C60H118N4O3/c1-5-8-11-13-15-17-19-21-23-25-27-29-35-41-48-58(65)61-50-43-37-31-33-39-45-52-64(4,56-63-55-57(47-10-7-3)54-60(63)67)53-46-40-34-32-38-44-51-62-59(66)49-42-36-30-28-26-24-22-20-18-16-14-12-9-6-2/h57H,5-56H2,1-4H3,(H-,61,62,65,66)/p+1. The first kappa shape index (κ1) is 63.4. The molecule has 396 valence electrons. The van der Waals surface area contributed by atoms with Gasteiger partial charge in [-0.05, 0) is 63.7 Å². The van der Waals surface area contributed by atoms with Gasteiger partial charge in [0.25, 0.3) is 0 Å². The minimum absolute atomic E-state index is 0.245. The number of likely N-dealkylation sites (tertiary alicyclic amines) is 1. The zero-order valence-electron chi connectivity index (χ0n) is 46.0. The number of rotatable bonds is 53. The molecule has 1 atom stereocenters. The van der Waals surface area contributed by atoms with E-state index in [1.54, 1.807) is 0 Å². The second-order valence-electron chi connectivity index (χ2n) is 22.2. The molecule has 7 heteroatoms. The third kappa shape index (κ3) is 41.8. The van der Waals surface area contributed by atoms with Crippen LogP contribution >= 0.6 is 0 Å². The summed E-state index contributed by atoms with van der Waals surface area (Å²) in [5.74, 6) is 1.41. The van der Waals surface area contributed by atoms with Gasteiger partial charge in [-0.3, -0.25) is 19.3 Å². The van der Waals surface area contributed by atoms with Gasteiger partial charge in [0.15, 0.2) is 6.67 Å². The predicted molar refractivity (Wildman–Crippen MR) is 291 cm³/mol. The van der Waals surface area contributed by atoms with Crippen molar-refractivity contribution < 1.29 is 18.9 Å². The van der Waals surface area contributed by atoms with Crippen LogP contribution in [0.25, 0.3) is 0 Å². The van der Waals surface area contributed by atoms with Crippen molar-refractivity contribution in [3.63, 3.8) is 0 Å². The highest BCUT2D eigenvalue weighted by atomic mass is 16.2. The summed E-state index contributed by atoms with van der Waals surface area (Å²) in [5.41, 5.74) is 0. The van der Waals surface area contributed by atoms with Crippen molar-refractivity contribution in [1.29, 1.82) is 0 Å². The Labute approximate surface area is 419 Å². The number of hydrogen-bond donors (Lipinski definition) is 2. The lowest BCUT2D eigenvalue weighted by molar-refractivity contribution is -0.918. The first-order valence-corrected chi connectivity index (χ1v) is 30.5. The van der Waals surface area contributed by atoms with E-state index < -0.39 is 0 Å². The van der Waals surface area contributed by atoms with Gasteiger partial charge in [-0.25, -0.2) is 0 Å². The third-order valence-electron chi connectivity index (χ3n) is 15.2. The van der Waals surface area contributed by atoms with Crippen molar-refractivity contribution in [2.45, 2.75) is 316 Å². The Morgan fingerprint density at radius 3 is 1.07 bits per heavy atom. The van der Waals surface area contributed by atoms with Crippen LogP contribution in [0.4, 0.5) is 0 Å². The second kappa shape index (κ2) is 48.0. The molecule has 2 N–H and O–H groups in total. The number of nitrogens with zero attached hydrogens (tertiary/aromatic N) is 2. The van der Waals surface area contributed by atoms with Crippen LogP contribution in [0, 0.1) is 5.92 Å². The van der Waals surface area contributed by atoms with E-state index in [9.17, 15) is 14.4 Å². The molecule has 0 aromatic rings. The highest BCUT2D eigenvalue weighted by molar-refractivity contribution is 5.78. The fraction of sp³-hybridized carbons (Fsp3) is 0.950. The lowest BCUT2D eigenvalue weighted by Crippen LogP contribution is -2.53. The smallest absolute Gasteiger partial charge is 0.227 e. The van der Waals surface area contributed by atoms with Gasteiger partial charge in [-0.2, -0.15) is 0 Å².